The number of rotatable bonds is 6. The molecule has 2 aliphatic rings. The zero-order chi connectivity index (χ0) is 28.1. The zero-order valence-corrected chi connectivity index (χ0v) is 23.0. The molecule has 5 rings (SSSR count). The SMILES string of the molecule is CC1NC(=O)C(NC(=O)C(Cc2c[nH]c3ccccc23)N(C)C)C(C(C)C)Oc2ccc(cc2)C=CNC1=O. The first-order valence-corrected chi connectivity index (χ1v) is 13.2. The van der Waals surface area contributed by atoms with Crippen molar-refractivity contribution in [3.63, 3.8) is 0 Å². The maximum atomic E-state index is 13.8. The molecule has 4 unspecified atom stereocenters. The molecule has 0 saturated heterocycles. The van der Waals surface area contributed by atoms with Crippen molar-refractivity contribution in [1.29, 1.82) is 0 Å². The fourth-order valence-electron chi connectivity index (χ4n) is 4.68. The number of amides is 3. The van der Waals surface area contributed by atoms with Gasteiger partial charge in [0.15, 0.2) is 0 Å². The average molecular weight is 532 g/mol. The number of ether oxygens (including phenoxy) is 1. The first-order chi connectivity index (χ1) is 18.6. The van der Waals surface area contributed by atoms with E-state index in [2.05, 4.69) is 20.9 Å². The lowest BCUT2D eigenvalue weighted by Gasteiger charge is -2.33. The van der Waals surface area contributed by atoms with Gasteiger partial charge in [-0.05, 0) is 68.8 Å². The number of nitrogens with one attached hydrogen (secondary N) is 4. The predicted octanol–water partition coefficient (Wildman–Crippen LogP) is 2.83. The normalized spacial score (nSPS) is 20.8. The number of fused-ring (bicyclic) bond motifs is 11. The van der Waals surface area contributed by atoms with E-state index in [0.717, 1.165) is 22.0 Å². The molecule has 39 heavy (non-hydrogen) atoms. The highest BCUT2D eigenvalue weighted by molar-refractivity contribution is 5.94. The molecule has 2 aliphatic heterocycles. The molecule has 0 saturated carbocycles. The summed E-state index contributed by atoms with van der Waals surface area (Å²) in [6, 6.07) is 12.9. The standard InChI is InChI=1S/C30H37N5O4/c1-18(2)27-26(30(38)33-19(3)28(36)31-15-14-20-10-12-22(39-27)13-11-20)34-29(37)25(35(4)5)16-21-17-32-24-9-7-6-8-23(21)24/h6-15,17-19,25-27,32H,16H2,1-5H3,(H,31,36)(H,33,38)(H,34,37). The molecule has 0 radical (unpaired) electrons. The number of para-hydroxylation sites is 1. The van der Waals surface area contributed by atoms with Crippen LogP contribution in [-0.2, 0) is 20.8 Å². The first-order valence-electron chi connectivity index (χ1n) is 13.2. The van der Waals surface area contributed by atoms with E-state index in [0.29, 0.717) is 12.2 Å². The Morgan fingerprint density at radius 3 is 2.46 bits per heavy atom. The molecule has 2 aromatic carbocycles. The Morgan fingerprint density at radius 1 is 1.05 bits per heavy atom. The van der Waals surface area contributed by atoms with Gasteiger partial charge in [-0.2, -0.15) is 0 Å². The largest absolute Gasteiger partial charge is 0.487 e. The van der Waals surface area contributed by atoms with Crippen molar-refractivity contribution in [2.45, 2.75) is 51.4 Å². The molecular weight excluding hydrogens is 494 g/mol. The molecule has 3 heterocycles. The summed E-state index contributed by atoms with van der Waals surface area (Å²) in [5, 5.41) is 9.47. The van der Waals surface area contributed by atoms with Crippen LogP contribution in [0.3, 0.4) is 0 Å². The third-order valence-corrected chi connectivity index (χ3v) is 6.99. The van der Waals surface area contributed by atoms with Gasteiger partial charge in [-0.3, -0.25) is 19.3 Å². The molecule has 1 aromatic heterocycles. The van der Waals surface area contributed by atoms with Crippen molar-refractivity contribution in [3.8, 4) is 5.75 Å². The minimum atomic E-state index is -1.05. The van der Waals surface area contributed by atoms with Crippen molar-refractivity contribution in [1.82, 2.24) is 25.8 Å². The minimum absolute atomic E-state index is 0.135. The van der Waals surface area contributed by atoms with E-state index in [4.69, 9.17) is 4.74 Å². The molecule has 9 heteroatoms. The lowest BCUT2D eigenvalue weighted by molar-refractivity contribution is -0.135. The van der Waals surface area contributed by atoms with E-state index in [1.807, 2.05) is 87.6 Å². The number of H-pyrrole nitrogens is 1. The molecule has 0 fully saturated rings. The van der Waals surface area contributed by atoms with Gasteiger partial charge in [0.25, 0.3) is 0 Å². The highest BCUT2D eigenvalue weighted by Crippen LogP contribution is 2.22. The van der Waals surface area contributed by atoms with Crippen LogP contribution in [0, 0.1) is 5.92 Å². The van der Waals surface area contributed by atoms with Crippen molar-refractivity contribution in [2.75, 3.05) is 14.1 Å². The summed E-state index contributed by atoms with van der Waals surface area (Å²) in [6.07, 6.45) is 4.97. The molecular formula is C30H37N5O4. The molecule has 0 spiro atoms. The maximum absolute atomic E-state index is 13.8. The summed E-state index contributed by atoms with van der Waals surface area (Å²) < 4.78 is 6.30. The molecule has 9 nitrogen and oxygen atoms in total. The van der Waals surface area contributed by atoms with Crippen LogP contribution in [0.15, 0.2) is 60.9 Å². The second-order valence-corrected chi connectivity index (χ2v) is 10.5. The Balaban J connectivity index is 1.64. The van der Waals surface area contributed by atoms with Gasteiger partial charge in [-0.25, -0.2) is 0 Å². The molecule has 4 atom stereocenters. The second kappa shape index (κ2) is 12.2. The number of carbonyl (C=O) groups is 3. The smallest absolute Gasteiger partial charge is 0.247 e. The average Bonchev–Trinajstić information content (AvgIpc) is 3.31. The Bertz CT molecular complexity index is 1340. The van der Waals surface area contributed by atoms with Gasteiger partial charge in [-0.1, -0.05) is 44.2 Å². The van der Waals surface area contributed by atoms with Crippen molar-refractivity contribution < 1.29 is 19.1 Å². The number of likely N-dealkylation sites (N-methyl/N-ethyl adjacent to an activating group) is 1. The number of nitrogens with zero attached hydrogens (tertiary/aromatic N) is 1. The number of hydrogen-bond donors (Lipinski definition) is 4. The lowest BCUT2D eigenvalue weighted by atomic mass is 9.96. The molecule has 4 N–H and O–H groups in total. The van der Waals surface area contributed by atoms with Gasteiger partial charge in [0.1, 0.15) is 23.9 Å². The summed E-state index contributed by atoms with van der Waals surface area (Å²) >= 11 is 0. The number of aromatic nitrogens is 1. The van der Waals surface area contributed by atoms with Crippen molar-refractivity contribution in [2.24, 2.45) is 5.92 Å². The van der Waals surface area contributed by atoms with Crippen molar-refractivity contribution in [3.05, 3.63) is 72.1 Å². The van der Waals surface area contributed by atoms with Crippen LogP contribution in [0.1, 0.15) is 31.9 Å². The number of benzene rings is 2. The first kappa shape index (κ1) is 27.9. The Labute approximate surface area is 229 Å². The van der Waals surface area contributed by atoms with Crippen LogP contribution in [-0.4, -0.2) is 65.9 Å². The Kier molecular flexibility index (Phi) is 8.71. The van der Waals surface area contributed by atoms with Crippen LogP contribution in [0.2, 0.25) is 0 Å². The minimum Gasteiger partial charge on any atom is -0.487 e. The molecule has 0 aliphatic carbocycles. The molecule has 206 valence electrons. The fraction of sp³-hybridized carbons (Fsp3) is 0.367. The highest BCUT2D eigenvalue weighted by atomic mass is 16.5. The van der Waals surface area contributed by atoms with Gasteiger partial charge in [0.2, 0.25) is 17.7 Å². The second-order valence-electron chi connectivity index (χ2n) is 10.5. The van der Waals surface area contributed by atoms with E-state index in [1.165, 1.54) is 6.20 Å². The van der Waals surface area contributed by atoms with E-state index < -0.39 is 30.1 Å². The monoisotopic (exact) mass is 531 g/mol. The Hall–Kier alpha value is -4.11. The molecule has 2 bridgehead atoms. The van der Waals surface area contributed by atoms with Crippen LogP contribution >= 0.6 is 0 Å². The van der Waals surface area contributed by atoms with E-state index in [9.17, 15) is 14.4 Å². The topological polar surface area (TPSA) is 116 Å². The summed E-state index contributed by atoms with van der Waals surface area (Å²) in [5.41, 5.74) is 2.88. The number of hydrogen-bond acceptors (Lipinski definition) is 5. The predicted molar refractivity (Wildman–Crippen MR) is 152 cm³/mol. The third kappa shape index (κ3) is 6.67. The van der Waals surface area contributed by atoms with Crippen LogP contribution in [0.5, 0.6) is 5.75 Å². The third-order valence-electron chi connectivity index (χ3n) is 6.99. The number of aromatic amines is 1. The summed E-state index contributed by atoms with van der Waals surface area (Å²) in [4.78, 5) is 45.1. The van der Waals surface area contributed by atoms with Gasteiger partial charge in [0.05, 0.1) is 6.04 Å². The van der Waals surface area contributed by atoms with Gasteiger partial charge in [-0.15, -0.1) is 0 Å². The highest BCUT2D eigenvalue weighted by Gasteiger charge is 2.37. The van der Waals surface area contributed by atoms with Gasteiger partial charge >= 0.3 is 0 Å². The van der Waals surface area contributed by atoms with Crippen molar-refractivity contribution >= 4 is 34.7 Å². The van der Waals surface area contributed by atoms with Crippen LogP contribution < -0.4 is 20.7 Å². The van der Waals surface area contributed by atoms with E-state index in [-0.39, 0.29) is 17.7 Å². The van der Waals surface area contributed by atoms with Crippen LogP contribution in [0.25, 0.3) is 17.0 Å². The van der Waals surface area contributed by atoms with E-state index in [1.54, 1.807) is 13.0 Å². The van der Waals surface area contributed by atoms with Gasteiger partial charge < -0.3 is 25.7 Å². The summed E-state index contributed by atoms with van der Waals surface area (Å²) in [6.45, 7) is 5.47. The maximum Gasteiger partial charge on any atom is 0.247 e. The fourth-order valence-corrected chi connectivity index (χ4v) is 4.68. The lowest BCUT2D eigenvalue weighted by Crippen LogP contribution is -2.61. The molecule has 3 amide bonds. The van der Waals surface area contributed by atoms with Crippen LogP contribution in [0.4, 0.5) is 0 Å². The van der Waals surface area contributed by atoms with E-state index >= 15 is 0 Å². The Morgan fingerprint density at radius 2 is 1.77 bits per heavy atom. The molecule has 3 aromatic rings. The summed E-state index contributed by atoms with van der Waals surface area (Å²) in [7, 11) is 3.68. The number of carbonyl (C=O) groups excluding carboxylic acids is 3. The van der Waals surface area contributed by atoms with Gasteiger partial charge in [0, 0.05) is 23.3 Å². The zero-order valence-electron chi connectivity index (χ0n) is 23.0. The summed E-state index contributed by atoms with van der Waals surface area (Å²) in [5.74, 6) is -0.729. The quantitative estimate of drug-likeness (QED) is 0.391.